The second-order valence-electron chi connectivity index (χ2n) is 4.02. The SMILES string of the molecule is O=[N+]([O-])c1cc(CNc2cc(Br)ccc2Br)ccc1Br. The van der Waals surface area contributed by atoms with Crippen LogP contribution in [-0.2, 0) is 6.54 Å². The Bertz CT molecular complexity index is 662. The van der Waals surface area contributed by atoms with Gasteiger partial charge in [0.1, 0.15) is 0 Å². The van der Waals surface area contributed by atoms with Gasteiger partial charge in [-0.3, -0.25) is 10.1 Å². The van der Waals surface area contributed by atoms with E-state index in [-0.39, 0.29) is 5.69 Å². The first-order chi connectivity index (χ1) is 9.47. The van der Waals surface area contributed by atoms with E-state index in [2.05, 4.69) is 53.1 Å². The summed E-state index contributed by atoms with van der Waals surface area (Å²) in [6.07, 6.45) is 0. The van der Waals surface area contributed by atoms with Crippen molar-refractivity contribution in [2.24, 2.45) is 0 Å². The van der Waals surface area contributed by atoms with Gasteiger partial charge in [-0.2, -0.15) is 0 Å². The molecule has 0 spiro atoms. The van der Waals surface area contributed by atoms with Gasteiger partial charge < -0.3 is 5.32 Å². The van der Waals surface area contributed by atoms with E-state index in [4.69, 9.17) is 0 Å². The number of hydrogen-bond acceptors (Lipinski definition) is 3. The van der Waals surface area contributed by atoms with Gasteiger partial charge in [0.05, 0.1) is 9.40 Å². The molecule has 2 rings (SSSR count). The van der Waals surface area contributed by atoms with Crippen LogP contribution in [-0.4, -0.2) is 4.92 Å². The Morgan fingerprint density at radius 3 is 2.45 bits per heavy atom. The number of nitrogens with zero attached hydrogens (tertiary/aromatic N) is 1. The molecule has 0 unspecified atom stereocenters. The highest BCUT2D eigenvalue weighted by molar-refractivity contribution is 9.11. The van der Waals surface area contributed by atoms with Crippen molar-refractivity contribution in [3.8, 4) is 0 Å². The van der Waals surface area contributed by atoms with Crippen molar-refractivity contribution >= 4 is 59.2 Å². The van der Waals surface area contributed by atoms with Gasteiger partial charge >= 0.3 is 0 Å². The van der Waals surface area contributed by atoms with Crippen LogP contribution in [0.25, 0.3) is 0 Å². The molecule has 0 saturated heterocycles. The summed E-state index contributed by atoms with van der Waals surface area (Å²) in [5, 5.41) is 14.1. The summed E-state index contributed by atoms with van der Waals surface area (Å²) in [7, 11) is 0. The zero-order valence-electron chi connectivity index (χ0n) is 10.1. The molecule has 0 aliphatic rings. The molecule has 0 aliphatic carbocycles. The van der Waals surface area contributed by atoms with Gasteiger partial charge in [-0.05, 0) is 61.7 Å². The normalized spacial score (nSPS) is 10.3. The smallest absolute Gasteiger partial charge is 0.283 e. The van der Waals surface area contributed by atoms with Crippen LogP contribution in [0.2, 0.25) is 0 Å². The van der Waals surface area contributed by atoms with E-state index < -0.39 is 4.92 Å². The summed E-state index contributed by atoms with van der Waals surface area (Å²) in [5.74, 6) is 0. The third kappa shape index (κ3) is 3.80. The number of halogens is 3. The molecule has 0 atom stereocenters. The Labute approximate surface area is 141 Å². The second kappa shape index (κ2) is 6.69. The van der Waals surface area contributed by atoms with Crippen LogP contribution in [0, 0.1) is 10.1 Å². The van der Waals surface area contributed by atoms with Crippen LogP contribution >= 0.6 is 47.8 Å². The summed E-state index contributed by atoms with van der Waals surface area (Å²) in [6, 6.07) is 10.9. The van der Waals surface area contributed by atoms with Crippen LogP contribution in [0.5, 0.6) is 0 Å². The van der Waals surface area contributed by atoms with Crippen molar-refractivity contribution < 1.29 is 4.92 Å². The van der Waals surface area contributed by atoms with E-state index in [0.717, 1.165) is 20.2 Å². The number of rotatable bonds is 4. The molecule has 0 bridgehead atoms. The Kier molecular flexibility index (Phi) is 5.17. The number of hydrogen-bond donors (Lipinski definition) is 1. The van der Waals surface area contributed by atoms with Crippen molar-refractivity contribution in [3.63, 3.8) is 0 Å². The summed E-state index contributed by atoms with van der Waals surface area (Å²) < 4.78 is 2.38. The summed E-state index contributed by atoms with van der Waals surface area (Å²) >= 11 is 10.0. The molecule has 7 heteroatoms. The number of nitrogens with one attached hydrogen (secondary N) is 1. The van der Waals surface area contributed by atoms with E-state index in [1.165, 1.54) is 0 Å². The first-order valence-electron chi connectivity index (χ1n) is 5.59. The lowest BCUT2D eigenvalue weighted by Crippen LogP contribution is -2.01. The maximum absolute atomic E-state index is 10.9. The van der Waals surface area contributed by atoms with Crippen molar-refractivity contribution in [1.82, 2.24) is 0 Å². The number of nitro groups is 1. The standard InChI is InChI=1S/C13H9Br3N2O2/c14-9-2-4-10(15)12(6-9)17-7-8-1-3-11(16)13(5-8)18(19)20/h1-6,17H,7H2. The van der Waals surface area contributed by atoms with E-state index in [0.29, 0.717) is 11.0 Å². The van der Waals surface area contributed by atoms with E-state index in [1.54, 1.807) is 12.1 Å². The topological polar surface area (TPSA) is 55.2 Å². The average molecular weight is 465 g/mol. The van der Waals surface area contributed by atoms with Gasteiger partial charge in [0.25, 0.3) is 5.69 Å². The Balaban J connectivity index is 2.17. The predicted octanol–water partition coefficient (Wildman–Crippen LogP) is 5.49. The fourth-order valence-corrected chi connectivity index (χ4v) is 2.78. The molecule has 0 amide bonds. The first kappa shape index (κ1) is 15.5. The fraction of sp³-hybridized carbons (Fsp3) is 0.0769. The maximum atomic E-state index is 10.9. The molecular formula is C13H9Br3N2O2. The molecule has 2 aromatic rings. The summed E-state index contributed by atoms with van der Waals surface area (Å²) in [4.78, 5) is 10.5. The maximum Gasteiger partial charge on any atom is 0.283 e. The summed E-state index contributed by atoms with van der Waals surface area (Å²) in [5.41, 5.74) is 1.83. The molecule has 20 heavy (non-hydrogen) atoms. The van der Waals surface area contributed by atoms with Crippen LogP contribution in [0.3, 0.4) is 0 Å². The Morgan fingerprint density at radius 2 is 1.75 bits per heavy atom. The van der Waals surface area contributed by atoms with Crippen LogP contribution in [0.4, 0.5) is 11.4 Å². The van der Waals surface area contributed by atoms with Crippen molar-refractivity contribution in [2.75, 3.05) is 5.32 Å². The molecule has 0 fully saturated rings. The third-order valence-corrected chi connectivity index (χ3v) is 4.47. The number of anilines is 1. The average Bonchev–Trinajstić information content (AvgIpc) is 2.41. The highest BCUT2D eigenvalue weighted by Gasteiger charge is 2.12. The highest BCUT2D eigenvalue weighted by Crippen LogP contribution is 2.28. The van der Waals surface area contributed by atoms with Gasteiger partial charge in [-0.25, -0.2) is 0 Å². The van der Waals surface area contributed by atoms with Gasteiger partial charge in [-0.1, -0.05) is 22.0 Å². The molecule has 2 aromatic carbocycles. The molecule has 0 radical (unpaired) electrons. The quantitative estimate of drug-likeness (QED) is 0.480. The van der Waals surface area contributed by atoms with Gasteiger partial charge in [0.2, 0.25) is 0 Å². The second-order valence-corrected chi connectivity index (χ2v) is 6.64. The zero-order chi connectivity index (χ0) is 14.7. The van der Waals surface area contributed by atoms with Gasteiger partial charge in [0.15, 0.2) is 0 Å². The highest BCUT2D eigenvalue weighted by atomic mass is 79.9. The molecule has 0 saturated carbocycles. The molecule has 0 aromatic heterocycles. The molecular weight excluding hydrogens is 456 g/mol. The molecule has 1 N–H and O–H groups in total. The predicted molar refractivity (Wildman–Crippen MR) is 90.0 cm³/mol. The molecule has 0 aliphatic heterocycles. The summed E-state index contributed by atoms with van der Waals surface area (Å²) in [6.45, 7) is 0.503. The Morgan fingerprint density at radius 1 is 1.05 bits per heavy atom. The fourth-order valence-electron chi connectivity index (χ4n) is 1.64. The minimum absolute atomic E-state index is 0.0672. The van der Waals surface area contributed by atoms with Crippen molar-refractivity contribution in [2.45, 2.75) is 6.54 Å². The van der Waals surface area contributed by atoms with Crippen LogP contribution in [0.1, 0.15) is 5.56 Å². The lowest BCUT2D eigenvalue weighted by Gasteiger charge is -2.09. The van der Waals surface area contributed by atoms with E-state index >= 15 is 0 Å². The van der Waals surface area contributed by atoms with E-state index in [9.17, 15) is 10.1 Å². The Hall–Kier alpha value is -0.920. The molecule has 0 heterocycles. The monoisotopic (exact) mass is 462 g/mol. The van der Waals surface area contributed by atoms with Crippen LogP contribution < -0.4 is 5.32 Å². The zero-order valence-corrected chi connectivity index (χ0v) is 14.8. The lowest BCUT2D eigenvalue weighted by atomic mass is 10.2. The minimum Gasteiger partial charge on any atom is -0.380 e. The van der Waals surface area contributed by atoms with Gasteiger partial charge in [-0.15, -0.1) is 0 Å². The molecule has 104 valence electrons. The number of benzene rings is 2. The lowest BCUT2D eigenvalue weighted by molar-refractivity contribution is -0.385. The van der Waals surface area contributed by atoms with Gasteiger partial charge in [0, 0.05) is 27.2 Å². The minimum atomic E-state index is -0.400. The number of nitro benzene ring substituents is 1. The van der Waals surface area contributed by atoms with Crippen molar-refractivity contribution in [3.05, 3.63) is 65.5 Å². The van der Waals surface area contributed by atoms with E-state index in [1.807, 2.05) is 24.3 Å². The third-order valence-electron chi connectivity index (χ3n) is 2.62. The van der Waals surface area contributed by atoms with Crippen molar-refractivity contribution in [1.29, 1.82) is 0 Å². The first-order valence-corrected chi connectivity index (χ1v) is 7.97. The largest absolute Gasteiger partial charge is 0.380 e. The van der Waals surface area contributed by atoms with Crippen LogP contribution in [0.15, 0.2) is 49.8 Å². The molecule has 4 nitrogen and oxygen atoms in total.